The lowest BCUT2D eigenvalue weighted by molar-refractivity contribution is 0.0207. The Hall–Kier alpha value is -1.99. The highest BCUT2D eigenvalue weighted by molar-refractivity contribution is 5.73. The van der Waals surface area contributed by atoms with E-state index in [-0.39, 0.29) is 6.03 Å². The fourth-order valence-electron chi connectivity index (χ4n) is 3.05. The molecule has 1 aromatic rings. The van der Waals surface area contributed by atoms with E-state index in [4.69, 9.17) is 14.2 Å². The molecular weight excluding hydrogens is 322 g/mol. The Morgan fingerprint density at radius 3 is 2.68 bits per heavy atom. The Bertz CT molecular complexity index is 590. The molecule has 2 aliphatic rings. The minimum absolute atomic E-state index is 0.0741. The summed E-state index contributed by atoms with van der Waals surface area (Å²) in [5.41, 5.74) is 1.02. The molecule has 2 amide bonds. The Morgan fingerprint density at radius 2 is 1.92 bits per heavy atom. The van der Waals surface area contributed by atoms with E-state index in [1.165, 1.54) is 0 Å². The molecule has 3 rings (SSSR count). The van der Waals surface area contributed by atoms with Gasteiger partial charge in [0.25, 0.3) is 0 Å². The van der Waals surface area contributed by atoms with Crippen LogP contribution in [0.5, 0.6) is 11.5 Å². The molecule has 1 aromatic carbocycles. The van der Waals surface area contributed by atoms with Gasteiger partial charge in [-0.1, -0.05) is 6.07 Å². The maximum absolute atomic E-state index is 12.3. The zero-order valence-corrected chi connectivity index (χ0v) is 15.0. The minimum Gasteiger partial charge on any atom is -0.486 e. The number of hydrogen-bond acceptors (Lipinski definition) is 5. The molecule has 2 aliphatic heterocycles. The largest absolute Gasteiger partial charge is 0.486 e. The van der Waals surface area contributed by atoms with E-state index in [0.717, 1.165) is 43.4 Å². The molecule has 0 radical (unpaired) electrons. The first kappa shape index (κ1) is 17.8. The fraction of sp³-hybridized carbons (Fsp3) is 0.611. The van der Waals surface area contributed by atoms with E-state index in [1.54, 1.807) is 11.9 Å². The maximum Gasteiger partial charge on any atom is 0.317 e. The van der Waals surface area contributed by atoms with Crippen LogP contribution in [0.3, 0.4) is 0 Å². The van der Waals surface area contributed by atoms with Crippen molar-refractivity contribution in [3.8, 4) is 11.5 Å². The highest BCUT2D eigenvalue weighted by Crippen LogP contribution is 2.30. The van der Waals surface area contributed by atoms with E-state index in [1.807, 2.05) is 18.2 Å². The summed E-state index contributed by atoms with van der Waals surface area (Å²) in [4.78, 5) is 16.4. The zero-order chi connectivity index (χ0) is 17.6. The number of rotatable bonds is 5. The highest BCUT2D eigenvalue weighted by atomic mass is 16.6. The Morgan fingerprint density at radius 1 is 1.20 bits per heavy atom. The molecular formula is C18H27N3O4. The summed E-state index contributed by atoms with van der Waals surface area (Å²) in [5.74, 6) is 1.51. The number of urea groups is 1. The van der Waals surface area contributed by atoms with E-state index in [2.05, 4.69) is 17.1 Å². The van der Waals surface area contributed by atoms with Gasteiger partial charge in [-0.25, -0.2) is 4.79 Å². The molecule has 1 fully saturated rings. The standard InChI is InChI=1S/C18H27N3O4/c1-14(21-5-7-23-8-6-21)12-19-18(22)20(2)13-15-3-4-16-17(11-15)25-10-9-24-16/h3-4,11,14H,5-10,12-13H2,1-2H3,(H,19,22). The van der Waals surface area contributed by atoms with Crippen molar-refractivity contribution in [3.05, 3.63) is 23.8 Å². The van der Waals surface area contributed by atoms with Gasteiger partial charge in [0.2, 0.25) is 0 Å². The summed E-state index contributed by atoms with van der Waals surface area (Å²) >= 11 is 0. The van der Waals surface area contributed by atoms with Crippen molar-refractivity contribution in [2.45, 2.75) is 19.5 Å². The summed E-state index contributed by atoms with van der Waals surface area (Å²) in [6.07, 6.45) is 0. The molecule has 2 heterocycles. The summed E-state index contributed by atoms with van der Waals surface area (Å²) in [5, 5.41) is 3.01. The van der Waals surface area contributed by atoms with Crippen LogP contribution in [0.4, 0.5) is 4.79 Å². The lowest BCUT2D eigenvalue weighted by atomic mass is 10.2. The van der Waals surface area contributed by atoms with Gasteiger partial charge in [0.05, 0.1) is 13.2 Å². The van der Waals surface area contributed by atoms with Crippen molar-refractivity contribution in [3.63, 3.8) is 0 Å². The number of nitrogens with zero attached hydrogens (tertiary/aromatic N) is 2. The first-order chi connectivity index (χ1) is 12.1. The smallest absolute Gasteiger partial charge is 0.317 e. The summed E-state index contributed by atoms with van der Waals surface area (Å²) < 4.78 is 16.5. The predicted octanol–water partition coefficient (Wildman–Crippen LogP) is 1.32. The molecule has 0 bridgehead atoms. The summed E-state index contributed by atoms with van der Waals surface area (Å²) in [7, 11) is 1.80. The normalized spacial score (nSPS) is 18.5. The minimum atomic E-state index is -0.0741. The van der Waals surface area contributed by atoms with Gasteiger partial charge >= 0.3 is 6.03 Å². The number of ether oxygens (including phenoxy) is 3. The quantitative estimate of drug-likeness (QED) is 0.869. The van der Waals surface area contributed by atoms with Crippen LogP contribution in [0.2, 0.25) is 0 Å². The fourth-order valence-corrected chi connectivity index (χ4v) is 3.05. The molecule has 0 spiro atoms. The second-order valence-electron chi connectivity index (χ2n) is 6.52. The van der Waals surface area contributed by atoms with Crippen molar-refractivity contribution in [1.29, 1.82) is 0 Å². The lowest BCUT2D eigenvalue weighted by Gasteiger charge is -2.32. The van der Waals surface area contributed by atoms with E-state index in [0.29, 0.717) is 32.3 Å². The average Bonchev–Trinajstić information content (AvgIpc) is 2.66. The zero-order valence-electron chi connectivity index (χ0n) is 15.0. The molecule has 0 aromatic heterocycles. The van der Waals surface area contributed by atoms with Crippen LogP contribution >= 0.6 is 0 Å². The number of amides is 2. The van der Waals surface area contributed by atoms with Gasteiger partial charge in [0.15, 0.2) is 11.5 Å². The average molecular weight is 349 g/mol. The molecule has 7 heteroatoms. The van der Waals surface area contributed by atoms with Gasteiger partial charge in [-0.15, -0.1) is 0 Å². The number of morpholine rings is 1. The molecule has 1 saturated heterocycles. The Labute approximate surface area is 148 Å². The molecule has 0 aliphatic carbocycles. The molecule has 7 nitrogen and oxygen atoms in total. The van der Waals surface area contributed by atoms with Crippen molar-refractivity contribution < 1.29 is 19.0 Å². The Kier molecular flexibility index (Phi) is 5.99. The SMILES string of the molecule is CC(CNC(=O)N(C)Cc1ccc2c(c1)OCCO2)N1CCOCC1. The van der Waals surface area contributed by atoms with Crippen LogP contribution in [-0.4, -0.2) is 75.0 Å². The highest BCUT2D eigenvalue weighted by Gasteiger charge is 2.19. The number of fused-ring (bicyclic) bond motifs is 1. The van der Waals surface area contributed by atoms with Crippen LogP contribution in [0, 0.1) is 0 Å². The number of carbonyl (C=O) groups excluding carboxylic acids is 1. The van der Waals surface area contributed by atoms with Gasteiger partial charge in [-0.3, -0.25) is 4.90 Å². The van der Waals surface area contributed by atoms with Gasteiger partial charge in [-0.2, -0.15) is 0 Å². The summed E-state index contributed by atoms with van der Waals surface area (Å²) in [6.45, 7) is 7.80. The van der Waals surface area contributed by atoms with E-state index < -0.39 is 0 Å². The van der Waals surface area contributed by atoms with E-state index in [9.17, 15) is 4.79 Å². The van der Waals surface area contributed by atoms with Gasteiger partial charge in [0.1, 0.15) is 13.2 Å². The molecule has 1 N–H and O–H groups in total. The molecule has 138 valence electrons. The third kappa shape index (κ3) is 4.76. The number of benzene rings is 1. The number of carbonyl (C=O) groups is 1. The van der Waals surface area contributed by atoms with Crippen LogP contribution in [-0.2, 0) is 11.3 Å². The molecule has 25 heavy (non-hydrogen) atoms. The van der Waals surface area contributed by atoms with Crippen LogP contribution in [0.15, 0.2) is 18.2 Å². The number of hydrogen-bond donors (Lipinski definition) is 1. The first-order valence-corrected chi connectivity index (χ1v) is 8.83. The molecule has 1 unspecified atom stereocenters. The van der Waals surface area contributed by atoms with Gasteiger partial charge in [-0.05, 0) is 24.6 Å². The third-order valence-corrected chi connectivity index (χ3v) is 4.59. The second-order valence-corrected chi connectivity index (χ2v) is 6.52. The third-order valence-electron chi connectivity index (χ3n) is 4.59. The topological polar surface area (TPSA) is 63.3 Å². The Balaban J connectivity index is 1.47. The van der Waals surface area contributed by atoms with E-state index >= 15 is 0 Å². The molecule has 1 atom stereocenters. The first-order valence-electron chi connectivity index (χ1n) is 8.83. The van der Waals surface area contributed by atoms with Crippen molar-refractivity contribution in [2.75, 3.05) is 53.1 Å². The van der Waals surface area contributed by atoms with Crippen molar-refractivity contribution in [1.82, 2.24) is 15.1 Å². The monoisotopic (exact) mass is 349 g/mol. The second kappa shape index (κ2) is 8.40. The van der Waals surface area contributed by atoms with Crippen molar-refractivity contribution in [2.24, 2.45) is 0 Å². The van der Waals surface area contributed by atoms with Crippen molar-refractivity contribution >= 4 is 6.03 Å². The van der Waals surface area contributed by atoms with Gasteiger partial charge in [0, 0.05) is 39.3 Å². The summed E-state index contributed by atoms with van der Waals surface area (Å²) in [6, 6.07) is 6.03. The molecule has 0 saturated carbocycles. The predicted molar refractivity (Wildman–Crippen MR) is 94.2 cm³/mol. The lowest BCUT2D eigenvalue weighted by Crippen LogP contribution is -2.49. The number of nitrogens with one attached hydrogen (secondary N) is 1. The van der Waals surface area contributed by atoms with Crippen LogP contribution in [0.1, 0.15) is 12.5 Å². The van der Waals surface area contributed by atoms with Crippen LogP contribution < -0.4 is 14.8 Å². The van der Waals surface area contributed by atoms with Crippen LogP contribution in [0.25, 0.3) is 0 Å². The van der Waals surface area contributed by atoms with Gasteiger partial charge < -0.3 is 24.4 Å². The maximum atomic E-state index is 12.3.